The van der Waals surface area contributed by atoms with Crippen LogP contribution in [0.5, 0.6) is 0 Å². The lowest BCUT2D eigenvalue weighted by Crippen LogP contribution is -2.08. The molecule has 0 heterocycles. The van der Waals surface area contributed by atoms with Crippen LogP contribution >= 0.6 is 0 Å². The van der Waals surface area contributed by atoms with E-state index in [2.05, 4.69) is 25.2 Å². The van der Waals surface area contributed by atoms with Crippen LogP contribution in [0, 0.1) is 11.8 Å². The minimum Gasteiger partial charge on any atom is -0.469 e. The van der Waals surface area contributed by atoms with E-state index in [0.717, 1.165) is 18.8 Å². The molecule has 2 heteroatoms. The van der Waals surface area contributed by atoms with Gasteiger partial charge in [0.1, 0.15) is 0 Å². The third-order valence-corrected chi connectivity index (χ3v) is 2.35. The van der Waals surface area contributed by atoms with Crippen molar-refractivity contribution >= 4 is 5.97 Å². The summed E-state index contributed by atoms with van der Waals surface area (Å²) >= 11 is 0. The molecule has 0 rings (SSSR count). The van der Waals surface area contributed by atoms with Crippen molar-refractivity contribution in [2.45, 2.75) is 39.5 Å². The number of carbonyl (C=O) groups is 1. The summed E-state index contributed by atoms with van der Waals surface area (Å²) in [6.07, 6.45) is 5.74. The van der Waals surface area contributed by atoms with Crippen LogP contribution in [0.2, 0.25) is 0 Å². The van der Waals surface area contributed by atoms with Crippen LogP contribution in [-0.4, -0.2) is 13.1 Å². The van der Waals surface area contributed by atoms with E-state index in [-0.39, 0.29) is 11.9 Å². The summed E-state index contributed by atoms with van der Waals surface area (Å²) in [6, 6.07) is 0. The Labute approximate surface area is 87.3 Å². The van der Waals surface area contributed by atoms with Crippen molar-refractivity contribution in [1.82, 2.24) is 0 Å². The Kier molecular flexibility index (Phi) is 7.17. The number of methoxy groups -OCH3 is 1. The lowest BCUT2D eigenvalue weighted by Gasteiger charge is -2.11. The molecular formula is C12H22O2. The SMILES string of the molecule is C=CC(CCCC(C)C)CC(=O)OC. The van der Waals surface area contributed by atoms with Crippen LogP contribution in [0.15, 0.2) is 12.7 Å². The maximum atomic E-state index is 11.0. The van der Waals surface area contributed by atoms with Crippen LogP contribution in [-0.2, 0) is 9.53 Å². The molecule has 0 fully saturated rings. The molecule has 0 aliphatic heterocycles. The largest absolute Gasteiger partial charge is 0.469 e. The van der Waals surface area contributed by atoms with Gasteiger partial charge in [-0.25, -0.2) is 0 Å². The van der Waals surface area contributed by atoms with Crippen LogP contribution in [0.4, 0.5) is 0 Å². The Bertz CT molecular complexity index is 173. The minimum absolute atomic E-state index is 0.139. The number of hydrogen-bond donors (Lipinski definition) is 0. The lowest BCUT2D eigenvalue weighted by molar-refractivity contribution is -0.141. The maximum absolute atomic E-state index is 11.0. The highest BCUT2D eigenvalue weighted by Crippen LogP contribution is 2.16. The van der Waals surface area contributed by atoms with Gasteiger partial charge in [-0.1, -0.05) is 32.8 Å². The van der Waals surface area contributed by atoms with E-state index in [1.54, 1.807) is 0 Å². The Morgan fingerprint density at radius 3 is 2.50 bits per heavy atom. The van der Waals surface area contributed by atoms with Crippen molar-refractivity contribution in [3.63, 3.8) is 0 Å². The van der Waals surface area contributed by atoms with E-state index in [1.165, 1.54) is 13.5 Å². The van der Waals surface area contributed by atoms with Gasteiger partial charge in [0.15, 0.2) is 0 Å². The molecule has 0 N–H and O–H groups in total. The monoisotopic (exact) mass is 198 g/mol. The minimum atomic E-state index is -0.139. The molecule has 0 spiro atoms. The second-order valence-corrected chi connectivity index (χ2v) is 4.10. The van der Waals surface area contributed by atoms with Crippen LogP contribution in [0.1, 0.15) is 39.5 Å². The summed E-state index contributed by atoms with van der Waals surface area (Å²) in [5, 5.41) is 0. The zero-order chi connectivity index (χ0) is 11.0. The third kappa shape index (κ3) is 6.70. The molecule has 0 saturated carbocycles. The first-order valence-corrected chi connectivity index (χ1v) is 5.29. The van der Waals surface area contributed by atoms with Gasteiger partial charge in [-0.2, -0.15) is 0 Å². The van der Waals surface area contributed by atoms with Gasteiger partial charge in [-0.05, 0) is 18.3 Å². The molecule has 0 amide bonds. The van der Waals surface area contributed by atoms with Crippen molar-refractivity contribution < 1.29 is 9.53 Å². The summed E-state index contributed by atoms with van der Waals surface area (Å²) in [5.74, 6) is 0.874. The normalized spacial score (nSPS) is 12.6. The zero-order valence-corrected chi connectivity index (χ0v) is 9.58. The molecule has 0 radical (unpaired) electrons. The van der Waals surface area contributed by atoms with E-state index in [0.29, 0.717) is 6.42 Å². The second-order valence-electron chi connectivity index (χ2n) is 4.10. The average Bonchev–Trinajstić information content (AvgIpc) is 2.15. The average molecular weight is 198 g/mol. The van der Waals surface area contributed by atoms with Gasteiger partial charge in [0.25, 0.3) is 0 Å². The Hall–Kier alpha value is -0.790. The molecule has 0 aromatic rings. The highest BCUT2D eigenvalue weighted by Gasteiger charge is 2.10. The fourth-order valence-corrected chi connectivity index (χ4v) is 1.39. The number of allylic oxidation sites excluding steroid dienone is 1. The smallest absolute Gasteiger partial charge is 0.306 e. The first-order chi connectivity index (χ1) is 6.60. The number of hydrogen-bond acceptors (Lipinski definition) is 2. The van der Waals surface area contributed by atoms with Gasteiger partial charge in [0, 0.05) is 0 Å². The van der Waals surface area contributed by atoms with Gasteiger partial charge in [0.05, 0.1) is 13.5 Å². The highest BCUT2D eigenvalue weighted by molar-refractivity contribution is 5.69. The number of esters is 1. The van der Waals surface area contributed by atoms with Gasteiger partial charge >= 0.3 is 5.97 Å². The summed E-state index contributed by atoms with van der Waals surface area (Å²) in [7, 11) is 1.43. The van der Waals surface area contributed by atoms with Gasteiger partial charge < -0.3 is 4.74 Å². The van der Waals surface area contributed by atoms with Crippen molar-refractivity contribution in [2.75, 3.05) is 7.11 Å². The van der Waals surface area contributed by atoms with E-state index >= 15 is 0 Å². The molecule has 0 aromatic carbocycles. The lowest BCUT2D eigenvalue weighted by atomic mass is 9.96. The van der Waals surface area contributed by atoms with Gasteiger partial charge in [-0.3, -0.25) is 4.79 Å². The first kappa shape index (κ1) is 13.2. The summed E-state index contributed by atoms with van der Waals surface area (Å²) < 4.78 is 4.62. The number of rotatable bonds is 7. The molecule has 0 aromatic heterocycles. The Balaban J connectivity index is 3.68. The topological polar surface area (TPSA) is 26.3 Å². The van der Waals surface area contributed by atoms with E-state index in [9.17, 15) is 4.79 Å². The molecule has 0 aliphatic rings. The highest BCUT2D eigenvalue weighted by atomic mass is 16.5. The summed E-state index contributed by atoms with van der Waals surface area (Å²) in [4.78, 5) is 11.0. The molecule has 2 nitrogen and oxygen atoms in total. The standard InChI is InChI=1S/C12H22O2/c1-5-11(9-12(13)14-4)8-6-7-10(2)3/h5,10-11H,1,6-9H2,2-4H3. The fourth-order valence-electron chi connectivity index (χ4n) is 1.39. The summed E-state index contributed by atoms with van der Waals surface area (Å²) in [5.41, 5.74) is 0. The van der Waals surface area contributed by atoms with Gasteiger partial charge in [-0.15, -0.1) is 6.58 Å². The predicted molar refractivity (Wildman–Crippen MR) is 59.0 cm³/mol. The molecule has 1 atom stereocenters. The van der Waals surface area contributed by atoms with Crippen molar-refractivity contribution in [1.29, 1.82) is 0 Å². The van der Waals surface area contributed by atoms with Crippen molar-refractivity contribution in [2.24, 2.45) is 11.8 Å². The Morgan fingerprint density at radius 1 is 1.43 bits per heavy atom. The van der Waals surface area contributed by atoms with Crippen molar-refractivity contribution in [3.8, 4) is 0 Å². The first-order valence-electron chi connectivity index (χ1n) is 5.29. The fraction of sp³-hybridized carbons (Fsp3) is 0.750. The van der Waals surface area contributed by atoms with Crippen molar-refractivity contribution in [3.05, 3.63) is 12.7 Å². The molecule has 0 aliphatic carbocycles. The Morgan fingerprint density at radius 2 is 2.07 bits per heavy atom. The van der Waals surface area contributed by atoms with Crippen LogP contribution in [0.25, 0.3) is 0 Å². The van der Waals surface area contributed by atoms with Crippen LogP contribution < -0.4 is 0 Å². The maximum Gasteiger partial charge on any atom is 0.306 e. The summed E-state index contributed by atoms with van der Waals surface area (Å²) in [6.45, 7) is 8.16. The molecule has 0 saturated heterocycles. The van der Waals surface area contributed by atoms with E-state index in [1.807, 2.05) is 6.08 Å². The van der Waals surface area contributed by atoms with Crippen LogP contribution in [0.3, 0.4) is 0 Å². The quantitative estimate of drug-likeness (QED) is 0.464. The third-order valence-electron chi connectivity index (χ3n) is 2.35. The molecule has 82 valence electrons. The molecule has 14 heavy (non-hydrogen) atoms. The second kappa shape index (κ2) is 7.60. The number of carbonyl (C=O) groups excluding carboxylic acids is 1. The molecular weight excluding hydrogens is 176 g/mol. The van der Waals surface area contributed by atoms with E-state index < -0.39 is 0 Å². The molecule has 0 bridgehead atoms. The zero-order valence-electron chi connectivity index (χ0n) is 9.58. The number of ether oxygens (including phenoxy) is 1. The molecule has 1 unspecified atom stereocenters. The van der Waals surface area contributed by atoms with E-state index in [4.69, 9.17) is 0 Å². The predicted octanol–water partition coefficient (Wildman–Crippen LogP) is 3.18. The van der Waals surface area contributed by atoms with Gasteiger partial charge in [0.2, 0.25) is 0 Å².